The van der Waals surface area contributed by atoms with Crippen LogP contribution >= 0.6 is 11.3 Å². The van der Waals surface area contributed by atoms with Crippen LogP contribution in [0.3, 0.4) is 0 Å². The van der Waals surface area contributed by atoms with Crippen LogP contribution in [0.1, 0.15) is 33.3 Å². The van der Waals surface area contributed by atoms with E-state index >= 15 is 0 Å². The molecular weight excluding hydrogens is 264 g/mol. The van der Waals surface area contributed by atoms with Crippen molar-refractivity contribution in [2.75, 3.05) is 0 Å². The van der Waals surface area contributed by atoms with Gasteiger partial charge in [-0.15, -0.1) is 11.3 Å². The van der Waals surface area contributed by atoms with Gasteiger partial charge >= 0.3 is 0 Å². The van der Waals surface area contributed by atoms with Gasteiger partial charge in [0.2, 0.25) is 0 Å². The second kappa shape index (κ2) is 4.69. The minimum atomic E-state index is -0.0656. The summed E-state index contributed by atoms with van der Waals surface area (Å²) in [5.41, 5.74) is 9.15. The molecule has 3 heteroatoms. The summed E-state index contributed by atoms with van der Waals surface area (Å²) in [6.45, 7) is 0. The van der Waals surface area contributed by atoms with Crippen molar-refractivity contribution in [2.24, 2.45) is 5.73 Å². The van der Waals surface area contributed by atoms with E-state index in [4.69, 9.17) is 5.73 Å². The minimum Gasteiger partial charge on any atom is -0.320 e. The smallest absolute Gasteiger partial charge is 0.0667 e. The Hall–Kier alpha value is -1.71. The Labute approximate surface area is 122 Å². The van der Waals surface area contributed by atoms with Gasteiger partial charge in [0.05, 0.1) is 6.04 Å². The Kier molecular flexibility index (Phi) is 2.83. The van der Waals surface area contributed by atoms with Crippen LogP contribution in [-0.4, -0.2) is 4.98 Å². The highest BCUT2D eigenvalue weighted by Gasteiger charge is 2.20. The van der Waals surface area contributed by atoms with Crippen molar-refractivity contribution in [1.29, 1.82) is 0 Å². The number of hydrogen-bond donors (Lipinski definition) is 1. The van der Waals surface area contributed by atoms with E-state index in [1.54, 1.807) is 0 Å². The Bertz CT molecular complexity index is 749. The quantitative estimate of drug-likeness (QED) is 0.774. The van der Waals surface area contributed by atoms with E-state index in [2.05, 4.69) is 29.2 Å². The third-order valence-corrected chi connectivity index (χ3v) is 5.43. The van der Waals surface area contributed by atoms with Crippen molar-refractivity contribution in [1.82, 2.24) is 4.98 Å². The number of hydrogen-bond acceptors (Lipinski definition) is 3. The van der Waals surface area contributed by atoms with E-state index in [1.165, 1.54) is 40.0 Å². The monoisotopic (exact) mass is 280 g/mol. The van der Waals surface area contributed by atoms with Gasteiger partial charge in [-0.3, -0.25) is 4.98 Å². The summed E-state index contributed by atoms with van der Waals surface area (Å²) in [6.07, 6.45) is 7.55. The summed E-state index contributed by atoms with van der Waals surface area (Å²) >= 11 is 1.88. The zero-order chi connectivity index (χ0) is 13.5. The first-order valence-electron chi connectivity index (χ1n) is 7.02. The molecule has 0 saturated carbocycles. The summed E-state index contributed by atoms with van der Waals surface area (Å²) in [6, 6.07) is 10.6. The molecule has 1 unspecified atom stereocenters. The van der Waals surface area contributed by atoms with E-state index in [1.807, 2.05) is 29.8 Å². The maximum Gasteiger partial charge on any atom is 0.0667 e. The van der Waals surface area contributed by atoms with E-state index < -0.39 is 0 Å². The molecule has 2 nitrogen and oxygen atoms in total. The summed E-state index contributed by atoms with van der Waals surface area (Å²) in [4.78, 5) is 7.15. The largest absolute Gasteiger partial charge is 0.320 e. The minimum absolute atomic E-state index is 0.0656. The second-order valence-electron chi connectivity index (χ2n) is 5.38. The molecule has 20 heavy (non-hydrogen) atoms. The Morgan fingerprint density at radius 2 is 2.05 bits per heavy atom. The molecule has 1 atom stereocenters. The predicted molar refractivity (Wildman–Crippen MR) is 84.1 cm³/mol. The van der Waals surface area contributed by atoms with Gasteiger partial charge in [-0.1, -0.05) is 24.3 Å². The molecular formula is C17H16N2S. The number of benzene rings is 1. The van der Waals surface area contributed by atoms with Gasteiger partial charge in [-0.2, -0.15) is 0 Å². The predicted octanol–water partition coefficient (Wildman–Crippen LogP) is 3.83. The molecule has 1 aromatic carbocycles. The maximum absolute atomic E-state index is 6.51. The van der Waals surface area contributed by atoms with Crippen molar-refractivity contribution in [3.05, 3.63) is 63.6 Å². The molecule has 2 N–H and O–H groups in total. The van der Waals surface area contributed by atoms with Crippen LogP contribution in [-0.2, 0) is 12.8 Å². The Balaban J connectivity index is 1.81. The Morgan fingerprint density at radius 1 is 1.15 bits per heavy atom. The van der Waals surface area contributed by atoms with E-state index in [9.17, 15) is 0 Å². The highest BCUT2D eigenvalue weighted by molar-refractivity contribution is 7.12. The number of aromatic nitrogens is 1. The van der Waals surface area contributed by atoms with Gasteiger partial charge in [0, 0.05) is 33.1 Å². The molecule has 0 fully saturated rings. The number of thiophene rings is 1. The molecule has 1 aliphatic carbocycles. The zero-order valence-corrected chi connectivity index (χ0v) is 12.0. The first-order valence-corrected chi connectivity index (χ1v) is 7.84. The number of nitrogens with zero attached hydrogens (tertiary/aromatic N) is 1. The van der Waals surface area contributed by atoms with Gasteiger partial charge in [0.15, 0.2) is 0 Å². The van der Waals surface area contributed by atoms with Crippen molar-refractivity contribution in [3.8, 4) is 0 Å². The number of aryl methyl sites for hydroxylation is 2. The number of rotatable bonds is 2. The Morgan fingerprint density at radius 3 is 2.95 bits per heavy atom. The molecule has 2 heterocycles. The van der Waals surface area contributed by atoms with Crippen LogP contribution in [0.2, 0.25) is 0 Å². The third-order valence-electron chi connectivity index (χ3n) is 4.11. The van der Waals surface area contributed by atoms with Gasteiger partial charge in [-0.05, 0) is 36.3 Å². The molecule has 3 aromatic rings. The molecule has 100 valence electrons. The third kappa shape index (κ3) is 1.86. The normalized spacial score (nSPS) is 15.4. The zero-order valence-electron chi connectivity index (χ0n) is 11.2. The number of nitrogens with two attached hydrogens (primary N) is 1. The number of pyridine rings is 1. The van der Waals surface area contributed by atoms with Crippen LogP contribution in [0, 0.1) is 0 Å². The van der Waals surface area contributed by atoms with Gasteiger partial charge in [0.1, 0.15) is 0 Å². The fourth-order valence-electron chi connectivity index (χ4n) is 3.05. The van der Waals surface area contributed by atoms with Crippen LogP contribution < -0.4 is 5.73 Å². The lowest BCUT2D eigenvalue weighted by Crippen LogP contribution is -2.11. The standard InChI is InChI=1S/C17H16N2S/c18-17(16-8-11-5-3-7-15(11)20-16)14-10-19-9-12-4-1-2-6-13(12)14/h1-2,4,6,8-10,17H,3,5,7,18H2. The molecule has 0 bridgehead atoms. The highest BCUT2D eigenvalue weighted by atomic mass is 32.1. The first-order chi connectivity index (χ1) is 9.83. The lowest BCUT2D eigenvalue weighted by molar-refractivity contribution is 0.883. The van der Waals surface area contributed by atoms with Crippen molar-refractivity contribution in [2.45, 2.75) is 25.3 Å². The molecule has 0 spiro atoms. The molecule has 1 aliphatic rings. The maximum atomic E-state index is 6.51. The van der Waals surface area contributed by atoms with Crippen LogP contribution in [0.15, 0.2) is 42.7 Å². The van der Waals surface area contributed by atoms with Crippen LogP contribution in [0.5, 0.6) is 0 Å². The summed E-state index contributed by atoms with van der Waals surface area (Å²) in [7, 11) is 0. The van der Waals surface area contributed by atoms with Gasteiger partial charge in [0.25, 0.3) is 0 Å². The molecule has 0 amide bonds. The topological polar surface area (TPSA) is 38.9 Å². The van der Waals surface area contributed by atoms with E-state index in [0.29, 0.717) is 0 Å². The lowest BCUT2D eigenvalue weighted by Gasteiger charge is -2.12. The van der Waals surface area contributed by atoms with E-state index in [-0.39, 0.29) is 6.04 Å². The lowest BCUT2D eigenvalue weighted by atomic mass is 10.0. The second-order valence-corrected chi connectivity index (χ2v) is 6.55. The fraction of sp³-hybridized carbons (Fsp3) is 0.235. The number of fused-ring (bicyclic) bond motifs is 2. The average Bonchev–Trinajstić information content (AvgIpc) is 3.07. The van der Waals surface area contributed by atoms with E-state index in [0.717, 1.165) is 10.9 Å². The highest BCUT2D eigenvalue weighted by Crippen LogP contribution is 2.36. The van der Waals surface area contributed by atoms with Crippen LogP contribution in [0.4, 0.5) is 0 Å². The average molecular weight is 280 g/mol. The van der Waals surface area contributed by atoms with Gasteiger partial charge in [-0.25, -0.2) is 0 Å². The fourth-order valence-corrected chi connectivity index (χ4v) is 4.32. The van der Waals surface area contributed by atoms with Crippen molar-refractivity contribution >= 4 is 22.1 Å². The SMILES string of the molecule is NC(c1cc2c(s1)CCC2)c1cncc2ccccc12. The molecule has 0 radical (unpaired) electrons. The van der Waals surface area contributed by atoms with Gasteiger partial charge < -0.3 is 5.73 Å². The molecule has 2 aromatic heterocycles. The molecule has 4 rings (SSSR count). The summed E-state index contributed by atoms with van der Waals surface area (Å²) in [5.74, 6) is 0. The summed E-state index contributed by atoms with van der Waals surface area (Å²) in [5, 5.41) is 2.37. The first kappa shape index (κ1) is 12.1. The van der Waals surface area contributed by atoms with Crippen molar-refractivity contribution < 1.29 is 0 Å². The van der Waals surface area contributed by atoms with Crippen LogP contribution in [0.25, 0.3) is 10.8 Å². The molecule has 0 aliphatic heterocycles. The van der Waals surface area contributed by atoms with Crippen molar-refractivity contribution in [3.63, 3.8) is 0 Å². The summed E-state index contributed by atoms with van der Waals surface area (Å²) < 4.78 is 0. The molecule has 0 saturated heterocycles.